The molecule has 12 heteroatoms. The Kier molecular flexibility index (Phi) is 30.7. The summed E-state index contributed by atoms with van der Waals surface area (Å²) < 4.78 is 26.6. The highest BCUT2D eigenvalue weighted by Gasteiger charge is 2.28. The van der Waals surface area contributed by atoms with Crippen LogP contribution in [0.2, 0.25) is 0 Å². The molecule has 0 aliphatic carbocycles. The van der Waals surface area contributed by atoms with Crippen LogP contribution in [-0.2, 0) is 32.7 Å². The van der Waals surface area contributed by atoms with Gasteiger partial charge in [-0.2, -0.15) is 0 Å². The lowest BCUT2D eigenvalue weighted by molar-refractivity contribution is -0.147. The second-order valence-corrected chi connectivity index (χ2v) is 14.2. The fourth-order valence-electron chi connectivity index (χ4n) is 5.20. The van der Waals surface area contributed by atoms with Crippen molar-refractivity contribution in [1.29, 1.82) is 0 Å². The molecular formula is C35H68NO10P. The summed E-state index contributed by atoms with van der Waals surface area (Å²) in [6.07, 6.45) is 26.0. The van der Waals surface area contributed by atoms with Crippen LogP contribution in [0, 0.1) is 0 Å². The Morgan fingerprint density at radius 1 is 0.596 bits per heavy atom. The van der Waals surface area contributed by atoms with Crippen LogP contribution in [0.5, 0.6) is 0 Å². The largest absolute Gasteiger partial charge is 0.480 e. The van der Waals surface area contributed by atoms with E-state index in [2.05, 4.69) is 19.2 Å². The first-order valence-electron chi connectivity index (χ1n) is 18.6. The van der Waals surface area contributed by atoms with Crippen LogP contribution in [-0.4, -0.2) is 64.9 Å². The van der Waals surface area contributed by atoms with Crippen LogP contribution in [0.1, 0.15) is 174 Å². The van der Waals surface area contributed by atoms with Gasteiger partial charge in [-0.1, -0.05) is 149 Å². The Bertz CT molecular complexity index is 828. The quantitative estimate of drug-likeness (QED) is 0.0287. The molecule has 0 rings (SSSR count). The van der Waals surface area contributed by atoms with Crippen molar-refractivity contribution in [2.75, 3.05) is 19.8 Å². The van der Waals surface area contributed by atoms with Gasteiger partial charge in [-0.15, -0.1) is 0 Å². The van der Waals surface area contributed by atoms with Gasteiger partial charge in [-0.05, 0) is 12.8 Å². The molecule has 11 nitrogen and oxygen atoms in total. The molecule has 0 aromatic heterocycles. The minimum Gasteiger partial charge on any atom is -0.480 e. The number of carboxylic acid groups (broad SMARTS) is 1. The maximum absolute atomic E-state index is 12.2. The van der Waals surface area contributed by atoms with E-state index in [4.69, 9.17) is 13.8 Å². The molecule has 0 radical (unpaired) electrons. The zero-order chi connectivity index (χ0) is 35.0. The Morgan fingerprint density at radius 2 is 0.979 bits per heavy atom. The minimum absolute atomic E-state index is 0.148. The molecule has 0 aromatic rings. The molecule has 0 aliphatic heterocycles. The lowest BCUT2D eigenvalue weighted by Gasteiger charge is -2.18. The van der Waals surface area contributed by atoms with Gasteiger partial charge in [0.1, 0.15) is 12.7 Å². The molecule has 0 saturated heterocycles. The van der Waals surface area contributed by atoms with Gasteiger partial charge in [0.25, 0.3) is 0 Å². The van der Waals surface area contributed by atoms with Gasteiger partial charge in [0.05, 0.1) is 13.2 Å². The molecule has 0 aromatic carbocycles. The van der Waals surface area contributed by atoms with E-state index in [0.29, 0.717) is 12.8 Å². The van der Waals surface area contributed by atoms with Gasteiger partial charge in [0.15, 0.2) is 6.04 Å². The van der Waals surface area contributed by atoms with Crippen LogP contribution in [0.4, 0.5) is 0 Å². The van der Waals surface area contributed by atoms with E-state index in [9.17, 15) is 34.1 Å². The van der Waals surface area contributed by atoms with Crippen molar-refractivity contribution in [2.24, 2.45) is 0 Å². The molecule has 0 saturated carbocycles. The van der Waals surface area contributed by atoms with Gasteiger partial charge in [-0.25, -0.2) is 9.36 Å². The second kappa shape index (κ2) is 31.7. The third-order valence-corrected chi connectivity index (χ3v) is 9.10. The highest BCUT2D eigenvalue weighted by molar-refractivity contribution is 7.47. The van der Waals surface area contributed by atoms with E-state index in [1.54, 1.807) is 0 Å². The van der Waals surface area contributed by atoms with Crippen molar-refractivity contribution < 1.29 is 47.8 Å². The Balaban J connectivity index is 3.87. The molecule has 0 bridgehead atoms. The van der Waals surface area contributed by atoms with Gasteiger partial charge in [0.2, 0.25) is 5.91 Å². The molecule has 0 spiro atoms. The predicted octanol–water partition coefficient (Wildman–Crippen LogP) is 8.39. The van der Waals surface area contributed by atoms with Gasteiger partial charge in [0, 0.05) is 12.8 Å². The van der Waals surface area contributed by atoms with Crippen LogP contribution < -0.4 is 5.32 Å². The van der Waals surface area contributed by atoms with Crippen molar-refractivity contribution in [2.45, 2.75) is 187 Å². The zero-order valence-corrected chi connectivity index (χ0v) is 30.5. The molecule has 3 atom stereocenters. The third kappa shape index (κ3) is 31.5. The summed E-state index contributed by atoms with van der Waals surface area (Å²) in [5.41, 5.74) is 0. The number of aliphatic hydroxyl groups excluding tert-OH is 1. The number of rotatable bonds is 35. The number of unbranched alkanes of at least 4 members (excludes halogenated alkanes) is 21. The second-order valence-electron chi connectivity index (χ2n) is 12.8. The number of amides is 1. The monoisotopic (exact) mass is 693 g/mol. The van der Waals surface area contributed by atoms with E-state index in [1.165, 1.54) is 83.5 Å². The smallest absolute Gasteiger partial charge is 0.472 e. The number of carbonyl (C=O) groups excluding carboxylic acids is 2. The molecular weight excluding hydrogens is 625 g/mol. The maximum Gasteiger partial charge on any atom is 0.472 e. The fourth-order valence-corrected chi connectivity index (χ4v) is 5.97. The number of aliphatic carboxylic acids is 1. The highest BCUT2D eigenvalue weighted by atomic mass is 31.2. The zero-order valence-electron chi connectivity index (χ0n) is 29.6. The van der Waals surface area contributed by atoms with Crippen LogP contribution in [0.15, 0.2) is 0 Å². The summed E-state index contributed by atoms with van der Waals surface area (Å²) in [6, 6.07) is -1.54. The lowest BCUT2D eigenvalue weighted by atomic mass is 10.0. The summed E-state index contributed by atoms with van der Waals surface area (Å²) in [7, 11) is -4.73. The number of ether oxygens (including phenoxy) is 1. The number of aliphatic hydroxyl groups is 1. The fraction of sp³-hybridized carbons (Fsp3) is 0.914. The number of hydrogen-bond donors (Lipinski definition) is 4. The average molecular weight is 694 g/mol. The Hall–Kier alpha value is -1.52. The predicted molar refractivity (Wildman–Crippen MR) is 185 cm³/mol. The number of esters is 1. The number of carboxylic acids is 1. The number of phosphoric ester groups is 1. The first kappa shape index (κ1) is 45.5. The van der Waals surface area contributed by atoms with E-state index in [0.717, 1.165) is 51.4 Å². The van der Waals surface area contributed by atoms with Gasteiger partial charge >= 0.3 is 19.8 Å². The van der Waals surface area contributed by atoms with E-state index < -0.39 is 57.6 Å². The summed E-state index contributed by atoms with van der Waals surface area (Å²) in [6.45, 7) is 2.52. The standard InChI is InChI=1S/C35H68NO10P/c1-3-5-7-9-11-12-13-14-15-16-17-18-19-21-23-25-27-34(39)44-28-31(37)29-45-47(42,43)46-30-32(35(40)41)36-33(38)26-24-22-20-10-8-6-4-2/h31-32,37H,3-30H2,1-2H3,(H,36,38)(H,40,41)(H,42,43). The maximum atomic E-state index is 12.2. The number of nitrogens with one attached hydrogen (secondary N) is 1. The molecule has 4 N–H and O–H groups in total. The number of phosphoric acid groups is 1. The average Bonchev–Trinajstić information content (AvgIpc) is 3.04. The molecule has 0 aliphatic rings. The first-order valence-corrected chi connectivity index (χ1v) is 20.1. The SMILES string of the molecule is CCCCCCCCCCCCCCCCCCC(=O)OCC(O)COP(=O)(O)OCC(NC(=O)CCCCCCCCC)C(=O)O. The van der Waals surface area contributed by atoms with E-state index in [1.807, 2.05) is 0 Å². The summed E-state index contributed by atoms with van der Waals surface area (Å²) in [4.78, 5) is 45.4. The molecule has 0 fully saturated rings. The molecule has 278 valence electrons. The summed E-state index contributed by atoms with van der Waals surface area (Å²) in [5, 5.41) is 21.6. The minimum atomic E-state index is -4.73. The number of carbonyl (C=O) groups is 3. The summed E-state index contributed by atoms with van der Waals surface area (Å²) in [5.74, 6) is -2.37. The van der Waals surface area contributed by atoms with Crippen molar-refractivity contribution in [1.82, 2.24) is 5.32 Å². The van der Waals surface area contributed by atoms with Crippen molar-refractivity contribution >= 4 is 25.7 Å². The molecule has 47 heavy (non-hydrogen) atoms. The van der Waals surface area contributed by atoms with Crippen molar-refractivity contribution in [3.05, 3.63) is 0 Å². The van der Waals surface area contributed by atoms with Crippen LogP contribution in [0.3, 0.4) is 0 Å². The van der Waals surface area contributed by atoms with Gasteiger partial charge < -0.3 is 25.2 Å². The Morgan fingerprint density at radius 3 is 1.40 bits per heavy atom. The van der Waals surface area contributed by atoms with E-state index in [-0.39, 0.29) is 12.8 Å². The highest BCUT2D eigenvalue weighted by Crippen LogP contribution is 2.43. The van der Waals surface area contributed by atoms with E-state index >= 15 is 0 Å². The molecule has 0 heterocycles. The molecule has 1 amide bonds. The van der Waals surface area contributed by atoms with Crippen LogP contribution >= 0.6 is 7.82 Å². The topological polar surface area (TPSA) is 169 Å². The summed E-state index contributed by atoms with van der Waals surface area (Å²) >= 11 is 0. The molecule has 3 unspecified atom stereocenters. The van der Waals surface area contributed by atoms with Gasteiger partial charge in [-0.3, -0.25) is 18.6 Å². The van der Waals surface area contributed by atoms with Crippen molar-refractivity contribution in [3.63, 3.8) is 0 Å². The van der Waals surface area contributed by atoms with Crippen molar-refractivity contribution in [3.8, 4) is 0 Å². The van der Waals surface area contributed by atoms with Crippen LogP contribution in [0.25, 0.3) is 0 Å². The lowest BCUT2D eigenvalue weighted by Crippen LogP contribution is -2.43. The normalized spacial score (nSPS) is 14.0. The Labute approximate surface area is 284 Å². The number of hydrogen-bond acceptors (Lipinski definition) is 8. The first-order chi connectivity index (χ1) is 22.6. The third-order valence-electron chi connectivity index (χ3n) is 8.15.